The summed E-state index contributed by atoms with van der Waals surface area (Å²) in [5.41, 5.74) is 2.25. The van der Waals surface area contributed by atoms with E-state index in [2.05, 4.69) is 10.3 Å². The van der Waals surface area contributed by atoms with Crippen molar-refractivity contribution < 1.29 is 4.79 Å². The number of benzene rings is 1. The molecule has 0 spiro atoms. The molecule has 2 N–H and O–H groups in total. The molecule has 3 aromatic rings. The Morgan fingerprint density at radius 2 is 2.00 bits per heavy atom. The van der Waals surface area contributed by atoms with Crippen LogP contribution in [0.3, 0.4) is 0 Å². The minimum absolute atomic E-state index is 0.163. The number of carbonyl (C=O) groups excluding carboxylic acids is 1. The lowest BCUT2D eigenvalue weighted by Gasteiger charge is -2.03. The highest BCUT2D eigenvalue weighted by Crippen LogP contribution is 2.38. The number of H-pyrrole nitrogens is 1. The molecule has 20 heavy (non-hydrogen) atoms. The summed E-state index contributed by atoms with van der Waals surface area (Å²) in [5, 5.41) is 3.32. The molecule has 6 heteroatoms. The fraction of sp³-hybridized carbons (Fsp3) is 0.0714. The molecular formula is C14H10Cl2N2OS. The summed E-state index contributed by atoms with van der Waals surface area (Å²) < 4.78 is 1.41. The van der Waals surface area contributed by atoms with Gasteiger partial charge in [0.15, 0.2) is 0 Å². The van der Waals surface area contributed by atoms with Crippen molar-refractivity contribution in [1.82, 2.24) is 10.3 Å². The van der Waals surface area contributed by atoms with Crippen LogP contribution in [0.4, 0.5) is 0 Å². The van der Waals surface area contributed by atoms with Crippen molar-refractivity contribution >= 4 is 50.7 Å². The van der Waals surface area contributed by atoms with Gasteiger partial charge in [0.2, 0.25) is 0 Å². The summed E-state index contributed by atoms with van der Waals surface area (Å²) in [5.74, 6) is -0.163. The first-order valence-corrected chi connectivity index (χ1v) is 7.51. The molecule has 0 atom stereocenters. The topological polar surface area (TPSA) is 44.9 Å². The van der Waals surface area contributed by atoms with Crippen molar-refractivity contribution in [3.63, 3.8) is 0 Å². The van der Waals surface area contributed by atoms with Crippen LogP contribution in [0.15, 0.2) is 36.4 Å². The van der Waals surface area contributed by atoms with Crippen LogP contribution >= 0.6 is 34.5 Å². The van der Waals surface area contributed by atoms with Gasteiger partial charge >= 0.3 is 0 Å². The number of fused-ring (bicyclic) bond motifs is 1. The normalized spacial score (nSPS) is 10.9. The monoisotopic (exact) mass is 324 g/mol. The van der Waals surface area contributed by atoms with Gasteiger partial charge in [0.05, 0.1) is 15.2 Å². The van der Waals surface area contributed by atoms with E-state index in [1.807, 2.05) is 30.3 Å². The highest BCUT2D eigenvalue weighted by atomic mass is 35.5. The molecule has 0 saturated heterocycles. The molecule has 1 aromatic carbocycles. The third-order valence-electron chi connectivity index (χ3n) is 2.91. The maximum atomic E-state index is 12.1. The van der Waals surface area contributed by atoms with Gasteiger partial charge in [-0.3, -0.25) is 4.79 Å². The Balaban J connectivity index is 1.75. The van der Waals surface area contributed by atoms with Gasteiger partial charge in [-0.05, 0) is 11.6 Å². The molecule has 0 aliphatic rings. The van der Waals surface area contributed by atoms with Gasteiger partial charge in [-0.25, -0.2) is 0 Å². The average Bonchev–Trinajstić information content (AvgIpc) is 2.98. The van der Waals surface area contributed by atoms with Crippen LogP contribution in [0.1, 0.15) is 16.1 Å². The van der Waals surface area contributed by atoms with Gasteiger partial charge in [0, 0.05) is 6.54 Å². The molecule has 102 valence electrons. The van der Waals surface area contributed by atoms with E-state index < -0.39 is 0 Å². The predicted molar refractivity (Wildman–Crippen MR) is 83.8 cm³/mol. The van der Waals surface area contributed by atoms with Gasteiger partial charge < -0.3 is 10.3 Å². The van der Waals surface area contributed by atoms with E-state index in [4.69, 9.17) is 23.2 Å². The van der Waals surface area contributed by atoms with Gasteiger partial charge in [0.1, 0.15) is 10.0 Å². The zero-order valence-corrected chi connectivity index (χ0v) is 12.6. The molecule has 0 aliphatic heterocycles. The number of hydrogen-bond acceptors (Lipinski definition) is 2. The van der Waals surface area contributed by atoms with Crippen LogP contribution in [0.2, 0.25) is 9.36 Å². The summed E-state index contributed by atoms with van der Waals surface area (Å²) in [6.45, 7) is 0.487. The SMILES string of the molecule is O=C(NCc1ccccc1)c1cc2sc(Cl)c(Cl)c2[nH]1. The zero-order valence-electron chi connectivity index (χ0n) is 10.2. The Morgan fingerprint density at radius 3 is 2.70 bits per heavy atom. The lowest BCUT2D eigenvalue weighted by atomic mass is 10.2. The van der Waals surface area contributed by atoms with Gasteiger partial charge in [-0.2, -0.15) is 0 Å². The molecule has 0 radical (unpaired) electrons. The lowest BCUT2D eigenvalue weighted by molar-refractivity contribution is 0.0947. The van der Waals surface area contributed by atoms with Crippen LogP contribution < -0.4 is 5.32 Å². The Hall–Kier alpha value is -1.49. The quantitative estimate of drug-likeness (QED) is 0.733. The minimum Gasteiger partial charge on any atom is -0.349 e. The Bertz CT molecular complexity index is 764. The fourth-order valence-electron chi connectivity index (χ4n) is 1.91. The number of carbonyl (C=O) groups is 1. The van der Waals surface area contributed by atoms with Crippen LogP contribution in [0.25, 0.3) is 10.2 Å². The van der Waals surface area contributed by atoms with Crippen molar-refractivity contribution in [3.05, 3.63) is 57.0 Å². The van der Waals surface area contributed by atoms with E-state index >= 15 is 0 Å². The minimum atomic E-state index is -0.163. The van der Waals surface area contributed by atoms with Gasteiger partial charge in [-0.15, -0.1) is 11.3 Å². The molecule has 3 rings (SSSR count). The number of hydrogen-bond donors (Lipinski definition) is 2. The summed E-state index contributed by atoms with van der Waals surface area (Å²) in [6, 6.07) is 11.5. The van der Waals surface area contributed by atoms with Crippen molar-refractivity contribution in [2.45, 2.75) is 6.54 Å². The van der Waals surface area contributed by atoms with Crippen LogP contribution in [-0.2, 0) is 6.54 Å². The second-order valence-electron chi connectivity index (χ2n) is 4.28. The lowest BCUT2D eigenvalue weighted by Crippen LogP contribution is -2.22. The van der Waals surface area contributed by atoms with E-state index in [1.165, 1.54) is 11.3 Å². The second-order valence-corrected chi connectivity index (χ2v) is 6.31. The number of nitrogens with one attached hydrogen (secondary N) is 2. The van der Waals surface area contributed by atoms with Crippen molar-refractivity contribution in [2.75, 3.05) is 0 Å². The van der Waals surface area contributed by atoms with Crippen LogP contribution in [-0.4, -0.2) is 10.9 Å². The first-order valence-electron chi connectivity index (χ1n) is 5.94. The van der Waals surface area contributed by atoms with Crippen molar-refractivity contribution in [2.24, 2.45) is 0 Å². The molecule has 0 bridgehead atoms. The van der Waals surface area contributed by atoms with Gasteiger partial charge in [0.25, 0.3) is 5.91 Å². The number of aromatic amines is 1. The third-order valence-corrected chi connectivity index (χ3v) is 4.85. The third kappa shape index (κ3) is 2.54. The summed E-state index contributed by atoms with van der Waals surface area (Å²) in [7, 11) is 0. The molecule has 0 fully saturated rings. The van der Waals surface area contributed by atoms with Crippen LogP contribution in [0.5, 0.6) is 0 Å². The molecule has 1 amide bonds. The van der Waals surface area contributed by atoms with Crippen molar-refractivity contribution in [1.29, 1.82) is 0 Å². The predicted octanol–water partition coefficient (Wildman–Crippen LogP) is 4.47. The second kappa shape index (κ2) is 5.48. The van der Waals surface area contributed by atoms with Crippen molar-refractivity contribution in [3.8, 4) is 0 Å². The average molecular weight is 325 g/mol. The smallest absolute Gasteiger partial charge is 0.268 e. The molecule has 0 saturated carbocycles. The number of amides is 1. The Morgan fingerprint density at radius 1 is 1.25 bits per heavy atom. The molecular weight excluding hydrogens is 315 g/mol. The zero-order chi connectivity index (χ0) is 14.1. The first-order chi connectivity index (χ1) is 9.65. The summed E-state index contributed by atoms with van der Waals surface area (Å²) in [4.78, 5) is 15.1. The molecule has 0 aliphatic carbocycles. The highest BCUT2D eigenvalue weighted by molar-refractivity contribution is 7.23. The molecule has 2 aromatic heterocycles. The van der Waals surface area contributed by atoms with Gasteiger partial charge in [-0.1, -0.05) is 53.5 Å². The number of thiophene rings is 1. The first kappa shape index (κ1) is 13.5. The van der Waals surface area contributed by atoms with E-state index in [9.17, 15) is 4.79 Å². The molecule has 2 heterocycles. The van der Waals surface area contributed by atoms with E-state index in [1.54, 1.807) is 6.07 Å². The summed E-state index contributed by atoms with van der Waals surface area (Å²) >= 11 is 13.3. The number of rotatable bonds is 3. The Labute approximate surface area is 129 Å². The number of halogens is 2. The maximum absolute atomic E-state index is 12.1. The van der Waals surface area contributed by atoms with E-state index in [0.29, 0.717) is 27.1 Å². The highest BCUT2D eigenvalue weighted by Gasteiger charge is 2.15. The standard InChI is InChI=1S/C14H10Cl2N2OS/c15-11-12-10(20-13(11)16)6-9(18-12)14(19)17-7-8-4-2-1-3-5-8/h1-6,18H,7H2,(H,17,19). The van der Waals surface area contributed by atoms with E-state index in [0.717, 1.165) is 10.3 Å². The maximum Gasteiger partial charge on any atom is 0.268 e. The fourth-order valence-corrected chi connectivity index (χ4v) is 3.40. The molecule has 0 unspecified atom stereocenters. The van der Waals surface area contributed by atoms with Crippen LogP contribution in [0, 0.1) is 0 Å². The summed E-state index contributed by atoms with van der Waals surface area (Å²) in [6.07, 6.45) is 0. The largest absolute Gasteiger partial charge is 0.349 e. The molecule has 3 nitrogen and oxygen atoms in total. The Kier molecular flexibility index (Phi) is 3.70. The number of aromatic nitrogens is 1. The van der Waals surface area contributed by atoms with E-state index in [-0.39, 0.29) is 5.91 Å².